The van der Waals surface area contributed by atoms with Gasteiger partial charge in [-0.3, -0.25) is 10.6 Å². The number of nitrogens with one attached hydrogen (secondary N) is 1. The third-order valence-electron chi connectivity index (χ3n) is 6.62. The van der Waals surface area contributed by atoms with Crippen LogP contribution in [0.25, 0.3) is 0 Å². The SMILES string of the molecule is Cc1ccc(C(CC(=O)O)c2ccc(NN)c(N)c2)cc1CN1CC(C)Oc2cc(OCCO)ccc2S1=O. The van der Waals surface area contributed by atoms with Crippen molar-refractivity contribution in [1.29, 1.82) is 0 Å². The molecule has 0 amide bonds. The first kappa shape index (κ1) is 28.4. The molecule has 39 heavy (non-hydrogen) atoms. The molecule has 0 saturated carbocycles. The highest BCUT2D eigenvalue weighted by molar-refractivity contribution is 7.82. The average molecular weight is 555 g/mol. The first-order valence-electron chi connectivity index (χ1n) is 12.6. The maximum Gasteiger partial charge on any atom is 0.304 e. The van der Waals surface area contributed by atoms with Crippen molar-refractivity contribution in [2.75, 3.05) is 30.9 Å². The molecule has 0 bridgehead atoms. The predicted octanol–water partition coefficient (Wildman–Crippen LogP) is 3.15. The zero-order chi connectivity index (χ0) is 28.1. The van der Waals surface area contributed by atoms with Crippen molar-refractivity contribution < 1.29 is 28.7 Å². The standard InChI is InChI=1S/C28H34N4O6S/c1-17-3-4-19(23(14-28(34)35)20-5-7-25(31-30)24(29)12-20)11-21(17)16-32-15-18(2)38-26-13-22(37-10-9-33)6-8-27(26)39(32)36/h3-8,11-13,18,23,31,33H,9-10,14-16,29-30H2,1-2H3,(H,34,35). The molecular formula is C28H34N4O6S. The van der Waals surface area contributed by atoms with Crippen molar-refractivity contribution in [2.45, 2.75) is 43.7 Å². The second-order valence-electron chi connectivity index (χ2n) is 9.51. The van der Waals surface area contributed by atoms with Gasteiger partial charge in [0, 0.05) is 25.1 Å². The van der Waals surface area contributed by atoms with E-state index in [4.69, 9.17) is 26.2 Å². The lowest BCUT2D eigenvalue weighted by atomic mass is 9.86. The van der Waals surface area contributed by atoms with Crippen molar-refractivity contribution in [3.8, 4) is 11.5 Å². The number of carbonyl (C=O) groups is 1. The Morgan fingerprint density at radius 1 is 1.21 bits per heavy atom. The molecule has 4 rings (SSSR count). The molecule has 10 nitrogen and oxygen atoms in total. The summed E-state index contributed by atoms with van der Waals surface area (Å²) < 4.78 is 27.1. The molecule has 0 aliphatic carbocycles. The number of nitrogens with two attached hydrogens (primary N) is 2. The molecule has 0 radical (unpaired) electrons. The van der Waals surface area contributed by atoms with Crippen LogP contribution >= 0.6 is 0 Å². The summed E-state index contributed by atoms with van der Waals surface area (Å²) in [6, 6.07) is 16.3. The second-order valence-corrected chi connectivity index (χ2v) is 11.0. The number of benzene rings is 3. The number of anilines is 2. The quantitative estimate of drug-likeness (QED) is 0.144. The average Bonchev–Trinajstić information content (AvgIpc) is 3.02. The highest BCUT2D eigenvalue weighted by atomic mass is 32.2. The first-order chi connectivity index (χ1) is 18.7. The molecule has 3 unspecified atom stereocenters. The normalized spacial score (nSPS) is 17.9. The van der Waals surface area contributed by atoms with E-state index < -0.39 is 22.9 Å². The summed E-state index contributed by atoms with van der Waals surface area (Å²) in [5.74, 6) is 5.15. The van der Waals surface area contributed by atoms with E-state index in [0.29, 0.717) is 40.9 Å². The van der Waals surface area contributed by atoms with E-state index in [1.165, 1.54) is 0 Å². The number of nitrogens with zero attached hydrogens (tertiary/aromatic N) is 1. The van der Waals surface area contributed by atoms with Crippen LogP contribution < -0.4 is 26.5 Å². The lowest BCUT2D eigenvalue weighted by Crippen LogP contribution is -2.32. The maximum atomic E-state index is 13.7. The van der Waals surface area contributed by atoms with Gasteiger partial charge in [-0.25, -0.2) is 8.51 Å². The van der Waals surface area contributed by atoms with E-state index in [-0.39, 0.29) is 25.7 Å². The number of aliphatic carboxylic acids is 1. The van der Waals surface area contributed by atoms with Gasteiger partial charge in [0.25, 0.3) is 0 Å². The maximum absolute atomic E-state index is 13.7. The Kier molecular flexibility index (Phi) is 9.08. The Bertz CT molecular complexity index is 1370. The number of carboxylic acids is 1. The summed E-state index contributed by atoms with van der Waals surface area (Å²) in [7, 11) is -1.51. The number of rotatable bonds is 10. The monoisotopic (exact) mass is 554 g/mol. The predicted molar refractivity (Wildman–Crippen MR) is 150 cm³/mol. The molecular weight excluding hydrogens is 520 g/mol. The Balaban J connectivity index is 1.64. The largest absolute Gasteiger partial charge is 0.491 e. The second kappa shape index (κ2) is 12.5. The fourth-order valence-electron chi connectivity index (χ4n) is 4.65. The van der Waals surface area contributed by atoms with Crippen LogP contribution in [0.2, 0.25) is 0 Å². The highest BCUT2D eigenvalue weighted by Crippen LogP contribution is 2.35. The summed E-state index contributed by atoms with van der Waals surface area (Å²) in [5.41, 5.74) is 13.1. The van der Waals surface area contributed by atoms with Crippen molar-refractivity contribution in [3.05, 3.63) is 76.9 Å². The number of hydrogen-bond acceptors (Lipinski definition) is 8. The molecule has 3 aromatic rings. The number of aryl methyl sites for hydroxylation is 1. The van der Waals surface area contributed by atoms with Gasteiger partial charge in [0.2, 0.25) is 0 Å². The molecule has 1 aliphatic rings. The zero-order valence-corrected chi connectivity index (χ0v) is 22.7. The Morgan fingerprint density at radius 2 is 1.95 bits per heavy atom. The zero-order valence-electron chi connectivity index (χ0n) is 21.9. The van der Waals surface area contributed by atoms with Gasteiger partial charge in [-0.15, -0.1) is 0 Å². The Hall–Kier alpha value is -3.64. The van der Waals surface area contributed by atoms with Gasteiger partial charge in [-0.2, -0.15) is 0 Å². The van der Waals surface area contributed by atoms with Gasteiger partial charge in [0.15, 0.2) is 0 Å². The molecule has 1 aliphatic heterocycles. The molecule has 0 aromatic heterocycles. The van der Waals surface area contributed by atoms with Crippen LogP contribution in [0, 0.1) is 6.92 Å². The molecule has 3 aromatic carbocycles. The number of hydrogen-bond donors (Lipinski definition) is 5. The summed E-state index contributed by atoms with van der Waals surface area (Å²) in [5, 5.41) is 18.7. The number of hydrazine groups is 1. The van der Waals surface area contributed by atoms with Crippen LogP contribution in [0.15, 0.2) is 59.5 Å². The number of ether oxygens (including phenoxy) is 2. The molecule has 0 fully saturated rings. The number of aliphatic hydroxyl groups is 1. The number of nitrogen functional groups attached to an aromatic ring is 2. The smallest absolute Gasteiger partial charge is 0.304 e. The van der Waals surface area contributed by atoms with Crippen molar-refractivity contribution >= 4 is 28.3 Å². The lowest BCUT2D eigenvalue weighted by Gasteiger charge is -2.23. The third kappa shape index (κ3) is 6.69. The van der Waals surface area contributed by atoms with E-state index in [1.54, 1.807) is 30.3 Å². The van der Waals surface area contributed by atoms with Crippen molar-refractivity contribution in [3.63, 3.8) is 0 Å². The minimum absolute atomic E-state index is 0.108. The van der Waals surface area contributed by atoms with Crippen molar-refractivity contribution in [2.24, 2.45) is 5.84 Å². The van der Waals surface area contributed by atoms with Gasteiger partial charge >= 0.3 is 5.97 Å². The van der Waals surface area contributed by atoms with Crippen molar-refractivity contribution in [1.82, 2.24) is 4.31 Å². The number of aliphatic hydroxyl groups excluding tert-OH is 1. The van der Waals surface area contributed by atoms with Crippen LogP contribution in [-0.4, -0.2) is 50.6 Å². The molecule has 0 spiro atoms. The van der Waals surface area contributed by atoms with Gasteiger partial charge in [0.05, 0.1) is 29.3 Å². The van der Waals surface area contributed by atoms with E-state index in [2.05, 4.69) is 5.43 Å². The summed E-state index contributed by atoms with van der Waals surface area (Å²) in [4.78, 5) is 12.3. The lowest BCUT2D eigenvalue weighted by molar-refractivity contribution is -0.137. The molecule has 3 atom stereocenters. The third-order valence-corrected chi connectivity index (χ3v) is 8.08. The Labute approximate surface area is 230 Å². The topological polar surface area (TPSA) is 160 Å². The van der Waals surface area contributed by atoms with Crippen LogP contribution in [-0.2, 0) is 22.3 Å². The van der Waals surface area contributed by atoms with E-state index in [1.807, 2.05) is 42.4 Å². The molecule has 7 N–H and O–H groups in total. The fraction of sp³-hybridized carbons (Fsp3) is 0.321. The van der Waals surface area contributed by atoms with E-state index in [9.17, 15) is 14.1 Å². The molecule has 11 heteroatoms. The fourth-order valence-corrected chi connectivity index (χ4v) is 5.99. The van der Waals surface area contributed by atoms with Gasteiger partial charge in [-0.1, -0.05) is 24.3 Å². The van der Waals surface area contributed by atoms with Gasteiger partial charge < -0.3 is 30.8 Å². The van der Waals surface area contributed by atoms with Crippen LogP contribution in [0.3, 0.4) is 0 Å². The summed E-state index contributed by atoms with van der Waals surface area (Å²) in [6.07, 6.45) is -0.365. The summed E-state index contributed by atoms with van der Waals surface area (Å²) >= 11 is 0. The van der Waals surface area contributed by atoms with Gasteiger partial charge in [0.1, 0.15) is 35.2 Å². The van der Waals surface area contributed by atoms with Crippen LogP contribution in [0.5, 0.6) is 11.5 Å². The minimum Gasteiger partial charge on any atom is -0.491 e. The molecule has 208 valence electrons. The van der Waals surface area contributed by atoms with Gasteiger partial charge in [-0.05, 0) is 60.4 Å². The van der Waals surface area contributed by atoms with E-state index >= 15 is 0 Å². The molecule has 0 saturated heterocycles. The highest BCUT2D eigenvalue weighted by Gasteiger charge is 2.28. The number of fused-ring (bicyclic) bond motifs is 1. The van der Waals surface area contributed by atoms with E-state index in [0.717, 1.165) is 22.3 Å². The number of carboxylic acid groups (broad SMARTS) is 1. The first-order valence-corrected chi connectivity index (χ1v) is 13.7. The van der Waals surface area contributed by atoms with Crippen LogP contribution in [0.4, 0.5) is 11.4 Å². The molecule has 1 heterocycles. The minimum atomic E-state index is -1.51. The van der Waals surface area contributed by atoms with Crippen LogP contribution in [0.1, 0.15) is 41.5 Å². The summed E-state index contributed by atoms with van der Waals surface area (Å²) in [6.45, 7) is 4.73. The Morgan fingerprint density at radius 3 is 2.64 bits per heavy atom.